The maximum absolute atomic E-state index is 4.45. The Morgan fingerprint density at radius 3 is 2.36 bits per heavy atom. The molecule has 6 heteroatoms. The van der Waals surface area contributed by atoms with Gasteiger partial charge in [-0.1, -0.05) is 35.5 Å². The van der Waals surface area contributed by atoms with Gasteiger partial charge in [0, 0.05) is 35.6 Å². The molecule has 0 aliphatic rings. The molecule has 0 saturated heterocycles. The molecule has 25 heavy (non-hydrogen) atoms. The Hall–Kier alpha value is -2.60. The Morgan fingerprint density at radius 1 is 1.04 bits per heavy atom. The number of hydrogen-bond donors (Lipinski definition) is 0. The van der Waals surface area contributed by atoms with Crippen LogP contribution in [-0.2, 0) is 13.1 Å². The lowest BCUT2D eigenvalue weighted by Gasteiger charge is -2.30. The molecule has 0 unspecified atom stereocenters. The van der Waals surface area contributed by atoms with Gasteiger partial charge in [-0.15, -0.1) is 5.10 Å². The molecule has 0 N–H and O–H groups in total. The summed E-state index contributed by atoms with van der Waals surface area (Å²) in [5.74, 6) is 0.732. The van der Waals surface area contributed by atoms with Crippen molar-refractivity contribution in [3.05, 3.63) is 60.2 Å². The number of benzene rings is 1. The number of nitrogens with zero attached hydrogens (tertiary/aromatic N) is 6. The molecular formula is C19H24N6. The highest BCUT2D eigenvalue weighted by Crippen LogP contribution is 2.15. The van der Waals surface area contributed by atoms with Crippen molar-refractivity contribution in [1.29, 1.82) is 0 Å². The average Bonchev–Trinajstić information content (AvgIpc) is 3.02. The van der Waals surface area contributed by atoms with Gasteiger partial charge in [-0.05, 0) is 27.8 Å². The van der Waals surface area contributed by atoms with Crippen LogP contribution in [0.3, 0.4) is 0 Å². The maximum Gasteiger partial charge on any atom is 0.159 e. The van der Waals surface area contributed by atoms with E-state index in [4.69, 9.17) is 0 Å². The minimum absolute atomic E-state index is 0.102. The second kappa shape index (κ2) is 7.11. The summed E-state index contributed by atoms with van der Waals surface area (Å²) in [6.07, 6.45) is 5.67. The van der Waals surface area contributed by atoms with E-state index in [1.54, 1.807) is 0 Å². The molecule has 3 rings (SSSR count). The van der Waals surface area contributed by atoms with Crippen LogP contribution in [0, 0.1) is 0 Å². The largest absolute Gasteiger partial charge is 0.296 e. The fourth-order valence-corrected chi connectivity index (χ4v) is 2.33. The monoisotopic (exact) mass is 336 g/mol. The SMILES string of the molecule is CN(Cc1cn(Cc2cnc(-c3ccccc3)nc2)nn1)C(C)(C)C. The lowest BCUT2D eigenvalue weighted by Crippen LogP contribution is -2.37. The molecule has 0 aliphatic carbocycles. The van der Waals surface area contributed by atoms with E-state index >= 15 is 0 Å². The van der Waals surface area contributed by atoms with E-state index in [-0.39, 0.29) is 5.54 Å². The van der Waals surface area contributed by atoms with Crippen molar-refractivity contribution >= 4 is 0 Å². The van der Waals surface area contributed by atoms with Crippen molar-refractivity contribution in [2.24, 2.45) is 0 Å². The van der Waals surface area contributed by atoms with Crippen molar-refractivity contribution in [1.82, 2.24) is 29.9 Å². The molecule has 0 fully saturated rings. The molecule has 130 valence electrons. The first-order valence-electron chi connectivity index (χ1n) is 8.38. The second-order valence-corrected chi connectivity index (χ2v) is 7.22. The smallest absolute Gasteiger partial charge is 0.159 e. The Balaban J connectivity index is 1.65. The average molecular weight is 336 g/mol. The Labute approximate surface area is 148 Å². The molecular weight excluding hydrogens is 312 g/mol. The van der Waals surface area contributed by atoms with Crippen LogP contribution in [0.5, 0.6) is 0 Å². The van der Waals surface area contributed by atoms with E-state index in [0.29, 0.717) is 6.54 Å². The summed E-state index contributed by atoms with van der Waals surface area (Å²) in [4.78, 5) is 11.2. The maximum atomic E-state index is 4.45. The van der Waals surface area contributed by atoms with Gasteiger partial charge < -0.3 is 0 Å². The molecule has 2 aromatic heterocycles. The quantitative estimate of drug-likeness (QED) is 0.717. The van der Waals surface area contributed by atoms with Gasteiger partial charge in [-0.2, -0.15) is 0 Å². The molecule has 0 bridgehead atoms. The van der Waals surface area contributed by atoms with Crippen LogP contribution >= 0.6 is 0 Å². The fraction of sp³-hybridized carbons (Fsp3) is 0.368. The minimum Gasteiger partial charge on any atom is -0.296 e. The van der Waals surface area contributed by atoms with Crippen LogP contribution in [0.15, 0.2) is 48.9 Å². The highest BCUT2D eigenvalue weighted by molar-refractivity contribution is 5.53. The molecule has 3 aromatic rings. The van der Waals surface area contributed by atoms with Gasteiger partial charge in [0.2, 0.25) is 0 Å². The number of hydrogen-bond acceptors (Lipinski definition) is 5. The Morgan fingerprint density at radius 2 is 1.72 bits per heavy atom. The molecule has 0 saturated carbocycles. The summed E-state index contributed by atoms with van der Waals surface area (Å²) in [5, 5.41) is 8.47. The summed E-state index contributed by atoms with van der Waals surface area (Å²) in [6.45, 7) is 7.93. The standard InChI is InChI=1S/C19H24N6/c1-19(2,3)24(4)13-17-14-25(23-22-17)12-15-10-20-18(21-11-15)16-8-6-5-7-9-16/h5-11,14H,12-13H2,1-4H3. The molecule has 0 aliphatic heterocycles. The number of rotatable bonds is 5. The van der Waals surface area contributed by atoms with Gasteiger partial charge in [0.25, 0.3) is 0 Å². The zero-order chi connectivity index (χ0) is 17.9. The Kier molecular flexibility index (Phi) is 4.90. The molecule has 0 amide bonds. The minimum atomic E-state index is 0.102. The topological polar surface area (TPSA) is 59.7 Å². The summed E-state index contributed by atoms with van der Waals surface area (Å²) in [5.41, 5.74) is 3.08. The van der Waals surface area contributed by atoms with Crippen LogP contribution < -0.4 is 0 Å². The van der Waals surface area contributed by atoms with Gasteiger partial charge in [-0.3, -0.25) is 4.90 Å². The predicted octanol–water partition coefficient (Wildman–Crippen LogP) is 3.01. The second-order valence-electron chi connectivity index (χ2n) is 7.22. The molecule has 0 radical (unpaired) electrons. The zero-order valence-corrected chi connectivity index (χ0v) is 15.2. The summed E-state index contributed by atoms with van der Waals surface area (Å²) < 4.78 is 1.83. The zero-order valence-electron chi connectivity index (χ0n) is 15.2. The summed E-state index contributed by atoms with van der Waals surface area (Å²) in [7, 11) is 2.09. The van der Waals surface area contributed by atoms with Crippen LogP contribution in [0.25, 0.3) is 11.4 Å². The molecule has 0 spiro atoms. The van der Waals surface area contributed by atoms with Crippen molar-refractivity contribution in [2.75, 3.05) is 7.05 Å². The first-order valence-corrected chi connectivity index (χ1v) is 8.38. The van der Waals surface area contributed by atoms with Crippen LogP contribution in [0.1, 0.15) is 32.0 Å². The lowest BCUT2D eigenvalue weighted by molar-refractivity contribution is 0.165. The third-order valence-electron chi connectivity index (χ3n) is 4.21. The predicted molar refractivity (Wildman–Crippen MR) is 97.8 cm³/mol. The lowest BCUT2D eigenvalue weighted by atomic mass is 10.1. The third kappa shape index (κ3) is 4.48. The van der Waals surface area contributed by atoms with Gasteiger partial charge in [0.05, 0.1) is 18.4 Å². The summed E-state index contributed by atoms with van der Waals surface area (Å²) >= 11 is 0. The van der Waals surface area contributed by atoms with E-state index < -0.39 is 0 Å². The fourth-order valence-electron chi connectivity index (χ4n) is 2.33. The van der Waals surface area contributed by atoms with E-state index in [1.807, 2.05) is 53.6 Å². The first kappa shape index (κ1) is 17.2. The molecule has 1 aromatic carbocycles. The van der Waals surface area contributed by atoms with Gasteiger partial charge in [0.15, 0.2) is 5.82 Å². The third-order valence-corrected chi connectivity index (χ3v) is 4.21. The summed E-state index contributed by atoms with van der Waals surface area (Å²) in [6, 6.07) is 9.96. The van der Waals surface area contributed by atoms with Crippen molar-refractivity contribution < 1.29 is 0 Å². The van der Waals surface area contributed by atoms with Crippen LogP contribution in [0.4, 0.5) is 0 Å². The van der Waals surface area contributed by atoms with Crippen LogP contribution in [-0.4, -0.2) is 42.4 Å². The van der Waals surface area contributed by atoms with Crippen LogP contribution in [0.2, 0.25) is 0 Å². The first-order chi connectivity index (χ1) is 11.9. The van der Waals surface area contributed by atoms with E-state index in [1.165, 1.54) is 0 Å². The van der Waals surface area contributed by atoms with E-state index in [0.717, 1.165) is 29.2 Å². The highest BCUT2D eigenvalue weighted by Gasteiger charge is 2.18. The number of aromatic nitrogens is 5. The van der Waals surface area contributed by atoms with Gasteiger partial charge in [0.1, 0.15) is 0 Å². The van der Waals surface area contributed by atoms with Crippen molar-refractivity contribution in [2.45, 2.75) is 39.4 Å². The van der Waals surface area contributed by atoms with E-state index in [9.17, 15) is 0 Å². The van der Waals surface area contributed by atoms with Crippen molar-refractivity contribution in [3.63, 3.8) is 0 Å². The molecule has 6 nitrogen and oxygen atoms in total. The normalized spacial score (nSPS) is 11.9. The van der Waals surface area contributed by atoms with Gasteiger partial charge >= 0.3 is 0 Å². The van der Waals surface area contributed by atoms with Gasteiger partial charge in [-0.25, -0.2) is 14.6 Å². The van der Waals surface area contributed by atoms with E-state index in [2.05, 4.69) is 53.0 Å². The molecule has 2 heterocycles. The van der Waals surface area contributed by atoms with Crippen molar-refractivity contribution in [3.8, 4) is 11.4 Å². The Bertz CT molecular complexity index is 802. The molecule has 0 atom stereocenters. The highest BCUT2D eigenvalue weighted by atomic mass is 15.4.